The molecule has 2 aromatic heterocycles. The normalized spacial score (nSPS) is 20.0. The highest BCUT2D eigenvalue weighted by Crippen LogP contribution is 2.29. The maximum atomic E-state index is 12.9. The first kappa shape index (κ1) is 15.6. The van der Waals surface area contributed by atoms with Crippen molar-refractivity contribution in [1.82, 2.24) is 25.0 Å². The number of carbonyl (C=O) groups excluding carboxylic acids is 1. The number of benzene rings is 1. The van der Waals surface area contributed by atoms with Crippen LogP contribution in [-0.4, -0.2) is 39.2 Å². The number of aromatic nitrogens is 3. The van der Waals surface area contributed by atoms with Gasteiger partial charge in [-0.15, -0.1) is 0 Å². The van der Waals surface area contributed by atoms with Gasteiger partial charge in [-0.1, -0.05) is 0 Å². The predicted octanol–water partition coefficient (Wildman–Crippen LogP) is 2.62. The Hall–Kier alpha value is -2.60. The highest BCUT2D eigenvalue weighted by molar-refractivity contribution is 5.99. The fraction of sp³-hybridized carbons (Fsp3) is 0.400. The van der Waals surface area contributed by atoms with Crippen molar-refractivity contribution in [3.63, 3.8) is 0 Å². The molecule has 26 heavy (non-hydrogen) atoms. The third-order valence-corrected chi connectivity index (χ3v) is 5.70. The summed E-state index contributed by atoms with van der Waals surface area (Å²) in [6.45, 7) is 2.94. The monoisotopic (exact) mass is 349 g/mol. The minimum atomic E-state index is -0.00864. The Morgan fingerprint density at radius 2 is 2.23 bits per heavy atom. The van der Waals surface area contributed by atoms with E-state index in [-0.39, 0.29) is 11.9 Å². The molecule has 0 aliphatic carbocycles. The Balaban J connectivity index is 1.44. The first-order valence-electron chi connectivity index (χ1n) is 9.33. The maximum absolute atomic E-state index is 12.9. The van der Waals surface area contributed by atoms with Gasteiger partial charge in [0.15, 0.2) is 0 Å². The Kier molecular flexibility index (Phi) is 3.60. The summed E-state index contributed by atoms with van der Waals surface area (Å²) in [5.74, 6) is -0.00864. The molecule has 0 fully saturated rings. The second kappa shape index (κ2) is 5.99. The number of aromatic amines is 1. The number of carbonyl (C=O) groups is 1. The van der Waals surface area contributed by atoms with Gasteiger partial charge in [0, 0.05) is 54.4 Å². The van der Waals surface area contributed by atoms with E-state index in [0.29, 0.717) is 0 Å². The van der Waals surface area contributed by atoms with E-state index in [0.717, 1.165) is 55.7 Å². The highest BCUT2D eigenvalue weighted by Gasteiger charge is 2.24. The number of fused-ring (bicyclic) bond motifs is 4. The molecule has 2 aliphatic rings. The number of likely N-dealkylation sites (N-methyl/N-ethyl adjacent to an activating group) is 1. The van der Waals surface area contributed by atoms with Crippen LogP contribution in [0.4, 0.5) is 0 Å². The van der Waals surface area contributed by atoms with Crippen molar-refractivity contribution in [3.05, 3.63) is 53.0 Å². The van der Waals surface area contributed by atoms with Crippen LogP contribution in [0.5, 0.6) is 0 Å². The lowest BCUT2D eigenvalue weighted by molar-refractivity contribution is 0.0928. The highest BCUT2D eigenvalue weighted by atomic mass is 16.1. The van der Waals surface area contributed by atoms with Gasteiger partial charge in [-0.05, 0) is 49.7 Å². The standard InChI is InChI=1S/C20H23N5O/c1-24-10-7-17-15(12-24)14-11-13(4-5-16(14)22-17)20(26)23-18-3-2-9-25-19(18)6-8-21-25/h4-6,8,11,18,22H,2-3,7,9-10,12H2,1H3,(H,23,26). The second-order valence-corrected chi connectivity index (χ2v) is 7.48. The molecule has 6 heteroatoms. The van der Waals surface area contributed by atoms with Gasteiger partial charge in [-0.25, -0.2) is 0 Å². The van der Waals surface area contributed by atoms with Crippen molar-refractivity contribution in [3.8, 4) is 0 Å². The third kappa shape index (κ3) is 2.52. The van der Waals surface area contributed by atoms with Crippen molar-refractivity contribution in [2.24, 2.45) is 0 Å². The summed E-state index contributed by atoms with van der Waals surface area (Å²) in [6, 6.07) is 8.04. The van der Waals surface area contributed by atoms with Crippen molar-refractivity contribution in [2.45, 2.75) is 38.4 Å². The molecule has 6 nitrogen and oxygen atoms in total. The number of hydrogen-bond acceptors (Lipinski definition) is 3. The molecule has 2 N–H and O–H groups in total. The van der Waals surface area contributed by atoms with E-state index in [9.17, 15) is 4.79 Å². The van der Waals surface area contributed by atoms with E-state index in [1.54, 1.807) is 0 Å². The van der Waals surface area contributed by atoms with Gasteiger partial charge in [0.1, 0.15) is 0 Å². The summed E-state index contributed by atoms with van der Waals surface area (Å²) in [7, 11) is 2.14. The molecule has 1 aromatic carbocycles. The second-order valence-electron chi connectivity index (χ2n) is 7.48. The predicted molar refractivity (Wildman–Crippen MR) is 100 cm³/mol. The van der Waals surface area contributed by atoms with Crippen LogP contribution in [0.25, 0.3) is 10.9 Å². The van der Waals surface area contributed by atoms with Gasteiger partial charge in [-0.3, -0.25) is 9.48 Å². The largest absolute Gasteiger partial charge is 0.358 e. The van der Waals surface area contributed by atoms with Crippen LogP contribution in [0.1, 0.15) is 46.2 Å². The lowest BCUT2D eigenvalue weighted by atomic mass is 10.0. The van der Waals surface area contributed by atoms with Crippen molar-refractivity contribution >= 4 is 16.8 Å². The number of hydrogen-bond donors (Lipinski definition) is 2. The lowest BCUT2D eigenvalue weighted by Gasteiger charge is -2.24. The topological polar surface area (TPSA) is 66.0 Å². The lowest BCUT2D eigenvalue weighted by Crippen LogP contribution is -2.32. The van der Waals surface area contributed by atoms with Crippen molar-refractivity contribution in [2.75, 3.05) is 13.6 Å². The minimum Gasteiger partial charge on any atom is -0.358 e. The molecule has 134 valence electrons. The van der Waals surface area contributed by atoms with Crippen LogP contribution in [0.3, 0.4) is 0 Å². The summed E-state index contributed by atoms with van der Waals surface area (Å²) in [5.41, 5.74) is 5.60. The third-order valence-electron chi connectivity index (χ3n) is 5.70. The van der Waals surface area contributed by atoms with E-state index >= 15 is 0 Å². The molecule has 5 rings (SSSR count). The average Bonchev–Trinajstić information content (AvgIpc) is 3.26. The molecule has 0 saturated heterocycles. The van der Waals surface area contributed by atoms with Gasteiger partial charge in [0.25, 0.3) is 5.91 Å². The van der Waals surface area contributed by atoms with Crippen molar-refractivity contribution < 1.29 is 4.79 Å². The molecule has 0 bridgehead atoms. The number of H-pyrrole nitrogens is 1. The Bertz CT molecular complexity index is 985. The number of nitrogens with zero attached hydrogens (tertiary/aromatic N) is 3. The Morgan fingerprint density at radius 3 is 3.15 bits per heavy atom. The average molecular weight is 349 g/mol. The summed E-state index contributed by atoms with van der Waals surface area (Å²) >= 11 is 0. The first-order valence-corrected chi connectivity index (χ1v) is 9.33. The molecule has 0 radical (unpaired) electrons. The molecule has 0 spiro atoms. The van der Waals surface area contributed by atoms with E-state index in [1.165, 1.54) is 16.6 Å². The first-order chi connectivity index (χ1) is 12.7. The van der Waals surface area contributed by atoms with Crippen LogP contribution in [-0.2, 0) is 19.5 Å². The molecule has 4 heterocycles. The molecular formula is C20H23N5O. The maximum Gasteiger partial charge on any atom is 0.251 e. The molecule has 1 unspecified atom stereocenters. The molecule has 3 aromatic rings. The van der Waals surface area contributed by atoms with Crippen LogP contribution in [0, 0.1) is 0 Å². The summed E-state index contributed by atoms with van der Waals surface area (Å²) in [5, 5.41) is 8.71. The van der Waals surface area contributed by atoms with Gasteiger partial charge in [0.2, 0.25) is 0 Å². The van der Waals surface area contributed by atoms with E-state index in [4.69, 9.17) is 0 Å². The minimum absolute atomic E-state index is 0.00864. The van der Waals surface area contributed by atoms with Gasteiger partial charge in [-0.2, -0.15) is 5.10 Å². The molecule has 1 atom stereocenters. The number of rotatable bonds is 2. The molecule has 1 amide bonds. The van der Waals surface area contributed by atoms with Crippen LogP contribution >= 0.6 is 0 Å². The van der Waals surface area contributed by atoms with E-state index < -0.39 is 0 Å². The zero-order chi connectivity index (χ0) is 17.7. The Labute approximate surface area is 152 Å². The van der Waals surface area contributed by atoms with E-state index in [1.807, 2.05) is 35.1 Å². The molecular weight excluding hydrogens is 326 g/mol. The Morgan fingerprint density at radius 1 is 1.31 bits per heavy atom. The fourth-order valence-electron chi connectivity index (χ4n) is 4.30. The van der Waals surface area contributed by atoms with E-state index in [2.05, 4.69) is 27.3 Å². The van der Waals surface area contributed by atoms with Crippen molar-refractivity contribution in [1.29, 1.82) is 0 Å². The molecule has 0 saturated carbocycles. The van der Waals surface area contributed by atoms with Crippen LogP contribution in [0.15, 0.2) is 30.5 Å². The quantitative estimate of drug-likeness (QED) is 0.747. The van der Waals surface area contributed by atoms with Gasteiger partial charge >= 0.3 is 0 Å². The summed E-state index contributed by atoms with van der Waals surface area (Å²) < 4.78 is 2.00. The zero-order valence-corrected chi connectivity index (χ0v) is 15.0. The fourth-order valence-corrected chi connectivity index (χ4v) is 4.30. The number of amides is 1. The summed E-state index contributed by atoms with van der Waals surface area (Å²) in [4.78, 5) is 18.7. The SMILES string of the molecule is CN1CCc2[nH]c3ccc(C(=O)NC4CCCn5nccc54)cc3c2C1. The number of nitrogens with one attached hydrogen (secondary N) is 2. The summed E-state index contributed by atoms with van der Waals surface area (Å²) in [6.07, 6.45) is 4.85. The van der Waals surface area contributed by atoms with Gasteiger partial charge in [0.05, 0.1) is 11.7 Å². The smallest absolute Gasteiger partial charge is 0.251 e. The van der Waals surface area contributed by atoms with Crippen LogP contribution < -0.4 is 5.32 Å². The number of aryl methyl sites for hydroxylation is 1. The molecule has 2 aliphatic heterocycles. The van der Waals surface area contributed by atoms with Gasteiger partial charge < -0.3 is 15.2 Å². The zero-order valence-electron chi connectivity index (χ0n) is 15.0. The van der Waals surface area contributed by atoms with Crippen LogP contribution in [0.2, 0.25) is 0 Å².